The summed E-state index contributed by atoms with van der Waals surface area (Å²) in [6.07, 6.45) is 3.59. The minimum absolute atomic E-state index is 0.0107. The number of carbonyl (C=O) groups is 1. The smallest absolute Gasteiger partial charge is 0.246 e. The average Bonchev–Trinajstić information content (AvgIpc) is 2.58. The fourth-order valence-electron chi connectivity index (χ4n) is 2.39. The molecule has 24 heavy (non-hydrogen) atoms. The van der Waals surface area contributed by atoms with Crippen molar-refractivity contribution >= 4 is 12.0 Å². The lowest BCUT2D eigenvalue weighted by Gasteiger charge is -2.19. The Labute approximate surface area is 144 Å². The molecule has 0 atom stereocenters. The number of carbonyl (C=O) groups excluding carboxylic acids is 1. The summed E-state index contributed by atoms with van der Waals surface area (Å²) in [6, 6.07) is 17.8. The van der Waals surface area contributed by atoms with Crippen molar-refractivity contribution < 1.29 is 9.53 Å². The Bertz CT molecular complexity index is 677. The van der Waals surface area contributed by atoms with Gasteiger partial charge in [0.25, 0.3) is 0 Å². The van der Waals surface area contributed by atoms with Gasteiger partial charge in [-0.15, -0.1) is 0 Å². The lowest BCUT2D eigenvalue weighted by molar-refractivity contribution is -0.126. The first-order valence-corrected chi connectivity index (χ1v) is 8.36. The molecule has 0 heterocycles. The SMILES string of the molecule is CCN(Cc1ccccc1)C(=O)/C=C/c1cccc(OC(C)C)c1. The van der Waals surface area contributed by atoms with E-state index in [2.05, 4.69) is 0 Å². The van der Waals surface area contributed by atoms with Crippen LogP contribution >= 0.6 is 0 Å². The second-order valence-electron chi connectivity index (χ2n) is 5.91. The highest BCUT2D eigenvalue weighted by atomic mass is 16.5. The molecular weight excluding hydrogens is 298 g/mol. The lowest BCUT2D eigenvalue weighted by atomic mass is 10.2. The maximum Gasteiger partial charge on any atom is 0.246 e. The number of hydrogen-bond donors (Lipinski definition) is 0. The molecule has 2 aromatic carbocycles. The van der Waals surface area contributed by atoms with Crippen molar-refractivity contribution in [2.24, 2.45) is 0 Å². The molecule has 126 valence electrons. The zero-order valence-electron chi connectivity index (χ0n) is 14.6. The third-order valence-electron chi connectivity index (χ3n) is 3.56. The molecule has 0 N–H and O–H groups in total. The molecule has 3 heteroatoms. The first kappa shape index (κ1) is 17.8. The van der Waals surface area contributed by atoms with Crippen LogP contribution in [0.25, 0.3) is 6.08 Å². The number of benzene rings is 2. The lowest BCUT2D eigenvalue weighted by Crippen LogP contribution is -2.28. The Kier molecular flexibility index (Phi) is 6.62. The molecule has 0 aliphatic carbocycles. The largest absolute Gasteiger partial charge is 0.491 e. The van der Waals surface area contributed by atoms with Crippen LogP contribution in [0.3, 0.4) is 0 Å². The van der Waals surface area contributed by atoms with Crippen molar-refractivity contribution in [3.63, 3.8) is 0 Å². The van der Waals surface area contributed by atoms with Crippen molar-refractivity contribution in [3.05, 3.63) is 71.8 Å². The maximum absolute atomic E-state index is 12.4. The standard InChI is InChI=1S/C21H25NO2/c1-4-22(16-19-9-6-5-7-10-19)21(23)14-13-18-11-8-12-20(15-18)24-17(2)3/h5-15,17H,4,16H2,1-3H3/b14-13+. The van der Waals surface area contributed by atoms with Crippen LogP contribution in [0.15, 0.2) is 60.7 Å². The molecule has 0 saturated heterocycles. The molecule has 0 aromatic heterocycles. The first-order chi connectivity index (χ1) is 11.6. The predicted molar refractivity (Wildman–Crippen MR) is 98.8 cm³/mol. The molecular formula is C21H25NO2. The van der Waals surface area contributed by atoms with E-state index in [1.165, 1.54) is 0 Å². The molecule has 0 bridgehead atoms. The van der Waals surface area contributed by atoms with Gasteiger partial charge in [-0.25, -0.2) is 0 Å². The van der Waals surface area contributed by atoms with E-state index in [0.29, 0.717) is 13.1 Å². The van der Waals surface area contributed by atoms with E-state index in [9.17, 15) is 4.79 Å². The van der Waals surface area contributed by atoms with Gasteiger partial charge in [0.2, 0.25) is 5.91 Å². The van der Waals surface area contributed by atoms with Crippen molar-refractivity contribution in [2.75, 3.05) is 6.54 Å². The number of ether oxygens (including phenoxy) is 1. The molecule has 0 aliphatic rings. The van der Waals surface area contributed by atoms with E-state index in [1.807, 2.05) is 86.3 Å². The summed E-state index contributed by atoms with van der Waals surface area (Å²) in [4.78, 5) is 14.2. The van der Waals surface area contributed by atoms with Gasteiger partial charge in [0.15, 0.2) is 0 Å². The van der Waals surface area contributed by atoms with Gasteiger partial charge in [0.1, 0.15) is 5.75 Å². The molecule has 2 aromatic rings. The Hall–Kier alpha value is -2.55. The van der Waals surface area contributed by atoms with E-state index in [0.717, 1.165) is 16.9 Å². The zero-order chi connectivity index (χ0) is 17.4. The van der Waals surface area contributed by atoms with Crippen LogP contribution in [0.1, 0.15) is 31.9 Å². The van der Waals surface area contributed by atoms with E-state index in [-0.39, 0.29) is 12.0 Å². The van der Waals surface area contributed by atoms with Gasteiger partial charge >= 0.3 is 0 Å². The second-order valence-corrected chi connectivity index (χ2v) is 5.91. The van der Waals surface area contributed by atoms with Crippen molar-refractivity contribution in [3.8, 4) is 5.75 Å². The average molecular weight is 323 g/mol. The Balaban J connectivity index is 2.02. The zero-order valence-corrected chi connectivity index (χ0v) is 14.6. The molecule has 0 fully saturated rings. The molecule has 1 amide bonds. The van der Waals surface area contributed by atoms with Crippen LogP contribution in [0.5, 0.6) is 5.75 Å². The summed E-state index contributed by atoms with van der Waals surface area (Å²) >= 11 is 0. The van der Waals surface area contributed by atoms with Gasteiger partial charge < -0.3 is 9.64 Å². The summed E-state index contributed by atoms with van der Waals surface area (Å²) in [7, 11) is 0. The predicted octanol–water partition coefficient (Wildman–Crippen LogP) is 4.54. The molecule has 0 radical (unpaired) electrons. The third-order valence-corrected chi connectivity index (χ3v) is 3.56. The Morgan fingerprint density at radius 2 is 1.88 bits per heavy atom. The van der Waals surface area contributed by atoms with Gasteiger partial charge in [0, 0.05) is 19.2 Å². The van der Waals surface area contributed by atoms with E-state index >= 15 is 0 Å². The Morgan fingerprint density at radius 3 is 2.54 bits per heavy atom. The normalized spacial score (nSPS) is 11.0. The maximum atomic E-state index is 12.4. The number of rotatable bonds is 7. The monoisotopic (exact) mass is 323 g/mol. The van der Waals surface area contributed by atoms with Crippen LogP contribution in [-0.4, -0.2) is 23.5 Å². The second kappa shape index (κ2) is 8.92. The van der Waals surface area contributed by atoms with Gasteiger partial charge in [-0.3, -0.25) is 4.79 Å². The van der Waals surface area contributed by atoms with Crippen LogP contribution < -0.4 is 4.74 Å². The van der Waals surface area contributed by atoms with Gasteiger partial charge in [-0.1, -0.05) is 42.5 Å². The number of likely N-dealkylation sites (N-methyl/N-ethyl adjacent to an activating group) is 1. The number of nitrogens with zero attached hydrogens (tertiary/aromatic N) is 1. The van der Waals surface area contributed by atoms with E-state index in [4.69, 9.17) is 4.74 Å². The fourth-order valence-corrected chi connectivity index (χ4v) is 2.39. The summed E-state index contributed by atoms with van der Waals surface area (Å²) in [5.74, 6) is 0.827. The molecule has 2 rings (SSSR count). The van der Waals surface area contributed by atoms with E-state index < -0.39 is 0 Å². The molecule has 0 aliphatic heterocycles. The fraction of sp³-hybridized carbons (Fsp3) is 0.286. The van der Waals surface area contributed by atoms with Gasteiger partial charge in [-0.2, -0.15) is 0 Å². The van der Waals surface area contributed by atoms with Crippen LogP contribution in [0, 0.1) is 0 Å². The highest BCUT2D eigenvalue weighted by molar-refractivity contribution is 5.91. The third kappa shape index (κ3) is 5.58. The molecule has 3 nitrogen and oxygen atoms in total. The topological polar surface area (TPSA) is 29.5 Å². The van der Waals surface area contributed by atoms with Crippen LogP contribution in [0.2, 0.25) is 0 Å². The summed E-state index contributed by atoms with van der Waals surface area (Å²) < 4.78 is 5.68. The number of amides is 1. The highest BCUT2D eigenvalue weighted by Crippen LogP contribution is 2.16. The molecule has 0 unspecified atom stereocenters. The first-order valence-electron chi connectivity index (χ1n) is 8.36. The minimum atomic E-state index is 0.0107. The molecule has 0 spiro atoms. The summed E-state index contributed by atoms with van der Waals surface area (Å²) in [5, 5.41) is 0. The highest BCUT2D eigenvalue weighted by Gasteiger charge is 2.08. The minimum Gasteiger partial charge on any atom is -0.491 e. The van der Waals surface area contributed by atoms with E-state index in [1.54, 1.807) is 6.08 Å². The quantitative estimate of drug-likeness (QED) is 0.700. The summed E-state index contributed by atoms with van der Waals surface area (Å²) in [6.45, 7) is 7.28. The molecule has 0 saturated carbocycles. The summed E-state index contributed by atoms with van der Waals surface area (Å²) in [5.41, 5.74) is 2.09. The van der Waals surface area contributed by atoms with Crippen molar-refractivity contribution in [1.82, 2.24) is 4.90 Å². The van der Waals surface area contributed by atoms with Crippen molar-refractivity contribution in [2.45, 2.75) is 33.4 Å². The van der Waals surface area contributed by atoms with Gasteiger partial charge in [0.05, 0.1) is 6.10 Å². The Morgan fingerprint density at radius 1 is 1.12 bits per heavy atom. The van der Waals surface area contributed by atoms with Crippen LogP contribution in [-0.2, 0) is 11.3 Å². The van der Waals surface area contributed by atoms with Crippen LogP contribution in [0.4, 0.5) is 0 Å². The number of hydrogen-bond acceptors (Lipinski definition) is 2. The van der Waals surface area contributed by atoms with Gasteiger partial charge in [-0.05, 0) is 50.1 Å². The van der Waals surface area contributed by atoms with Crippen molar-refractivity contribution in [1.29, 1.82) is 0 Å².